The molecule has 2 aromatic rings. The number of benzene rings is 1. The summed E-state index contributed by atoms with van der Waals surface area (Å²) in [6, 6.07) is 9.05. The van der Waals surface area contributed by atoms with Gasteiger partial charge < -0.3 is 20.5 Å². The highest BCUT2D eigenvalue weighted by Crippen LogP contribution is 2.30. The number of nitro groups is 1. The molecule has 0 saturated carbocycles. The van der Waals surface area contributed by atoms with Gasteiger partial charge in [0, 0.05) is 48.3 Å². The number of nitro benzene ring substituents is 1. The highest BCUT2D eigenvalue weighted by atomic mass is 79.9. The van der Waals surface area contributed by atoms with E-state index in [1.165, 1.54) is 6.07 Å². The van der Waals surface area contributed by atoms with Crippen molar-refractivity contribution in [2.45, 2.75) is 45.1 Å². The average molecular weight is 559 g/mol. The van der Waals surface area contributed by atoms with Gasteiger partial charge in [-0.3, -0.25) is 19.8 Å². The number of hydrogen-bond donors (Lipinski definition) is 3. The zero-order chi connectivity index (χ0) is 25.7. The van der Waals surface area contributed by atoms with Crippen molar-refractivity contribution in [1.82, 2.24) is 14.8 Å². The van der Waals surface area contributed by atoms with Gasteiger partial charge in [-0.15, -0.1) is 0 Å². The van der Waals surface area contributed by atoms with E-state index in [0.717, 1.165) is 50.9 Å². The molecule has 3 heterocycles. The Balaban J connectivity index is 1.23. The van der Waals surface area contributed by atoms with E-state index in [9.17, 15) is 19.9 Å². The van der Waals surface area contributed by atoms with E-state index in [2.05, 4.69) is 36.4 Å². The SMILES string of the molecule is CB(O)Nc1cc(CN2CCC(C(=O)N3CCC(Nc4ccc(Br)cc4[N+](=O)[O-])CC3)CC2)ccn1. The third kappa shape index (κ3) is 6.95. The number of carbonyl (C=O) groups is 1. The number of piperidine rings is 2. The lowest BCUT2D eigenvalue weighted by molar-refractivity contribution is -0.384. The molecule has 1 amide bonds. The molecule has 4 rings (SSSR count). The van der Waals surface area contributed by atoms with Gasteiger partial charge in [-0.05, 0) is 75.4 Å². The molecule has 3 N–H and O–H groups in total. The maximum atomic E-state index is 13.2. The van der Waals surface area contributed by atoms with Crippen LogP contribution in [0, 0.1) is 16.0 Å². The maximum absolute atomic E-state index is 13.2. The van der Waals surface area contributed by atoms with E-state index < -0.39 is 7.05 Å². The predicted octanol–water partition coefficient (Wildman–Crippen LogP) is 3.59. The molecule has 0 atom stereocenters. The molecule has 36 heavy (non-hydrogen) atoms. The quantitative estimate of drug-likeness (QED) is 0.255. The highest BCUT2D eigenvalue weighted by molar-refractivity contribution is 9.10. The maximum Gasteiger partial charge on any atom is 0.408 e. The van der Waals surface area contributed by atoms with E-state index >= 15 is 0 Å². The van der Waals surface area contributed by atoms with Crippen LogP contribution in [0.15, 0.2) is 41.0 Å². The number of pyridine rings is 1. The minimum atomic E-state index is -0.658. The Morgan fingerprint density at radius 3 is 2.58 bits per heavy atom. The molecule has 10 nitrogen and oxygen atoms in total. The van der Waals surface area contributed by atoms with E-state index in [4.69, 9.17) is 0 Å². The zero-order valence-corrected chi connectivity index (χ0v) is 22.0. The van der Waals surface area contributed by atoms with Crippen molar-refractivity contribution in [3.63, 3.8) is 0 Å². The first-order valence-electron chi connectivity index (χ1n) is 12.4. The number of anilines is 2. The van der Waals surface area contributed by atoms with Crippen molar-refractivity contribution >= 4 is 46.1 Å². The van der Waals surface area contributed by atoms with E-state index in [0.29, 0.717) is 29.1 Å². The summed E-state index contributed by atoms with van der Waals surface area (Å²) in [5, 5.41) is 27.1. The van der Waals surface area contributed by atoms with Crippen molar-refractivity contribution in [3.05, 3.63) is 56.7 Å². The van der Waals surface area contributed by atoms with Gasteiger partial charge in [0.15, 0.2) is 0 Å². The molecular formula is C24H32BBrN6O4. The Hall–Kier alpha value is -2.70. The summed E-state index contributed by atoms with van der Waals surface area (Å²) in [7, 11) is -0.658. The summed E-state index contributed by atoms with van der Waals surface area (Å²) in [6.45, 7) is 5.50. The molecule has 2 saturated heterocycles. The van der Waals surface area contributed by atoms with Crippen LogP contribution in [0.4, 0.5) is 17.2 Å². The van der Waals surface area contributed by atoms with Crippen LogP contribution < -0.4 is 10.5 Å². The third-order valence-electron chi connectivity index (χ3n) is 6.85. The number of halogens is 1. The Morgan fingerprint density at radius 1 is 1.19 bits per heavy atom. The number of amides is 1. The molecule has 0 aliphatic carbocycles. The number of hydrogen-bond acceptors (Lipinski definition) is 8. The summed E-state index contributed by atoms with van der Waals surface area (Å²) in [5.74, 6) is 0.929. The second kappa shape index (κ2) is 12.0. The normalized spacial score (nSPS) is 17.6. The summed E-state index contributed by atoms with van der Waals surface area (Å²) >= 11 is 3.29. The number of carbonyl (C=O) groups excluding carboxylic acids is 1. The van der Waals surface area contributed by atoms with Crippen molar-refractivity contribution in [3.8, 4) is 0 Å². The monoisotopic (exact) mass is 558 g/mol. The lowest BCUT2D eigenvalue weighted by Crippen LogP contribution is -2.47. The molecule has 192 valence electrons. The average Bonchev–Trinajstić information content (AvgIpc) is 2.85. The molecule has 1 aromatic heterocycles. The van der Waals surface area contributed by atoms with Crippen LogP contribution >= 0.6 is 15.9 Å². The fraction of sp³-hybridized carbons (Fsp3) is 0.500. The van der Waals surface area contributed by atoms with Crippen LogP contribution in [0.5, 0.6) is 0 Å². The molecular weight excluding hydrogens is 527 g/mol. The van der Waals surface area contributed by atoms with Gasteiger partial charge in [0.1, 0.15) is 11.5 Å². The number of nitrogens with one attached hydrogen (secondary N) is 2. The Bertz CT molecular complexity index is 1070. The molecule has 1 aromatic carbocycles. The summed E-state index contributed by atoms with van der Waals surface area (Å²) in [4.78, 5) is 32.7. The summed E-state index contributed by atoms with van der Waals surface area (Å²) in [5.41, 5.74) is 1.69. The predicted molar refractivity (Wildman–Crippen MR) is 144 cm³/mol. The second-order valence-corrected chi connectivity index (χ2v) is 10.5. The van der Waals surface area contributed by atoms with Crippen LogP contribution in [0.2, 0.25) is 6.82 Å². The van der Waals surface area contributed by atoms with Gasteiger partial charge in [0.2, 0.25) is 5.91 Å². The van der Waals surface area contributed by atoms with Gasteiger partial charge in [0.05, 0.1) is 4.92 Å². The standard InChI is InChI=1S/C24H32BBrN6O4/c1-25(34)29-23-14-17(4-9-27-23)16-30-10-5-18(6-11-30)24(33)31-12-7-20(8-13-31)28-21-3-2-19(26)15-22(21)32(35)36/h2-4,9,14-15,18,20,28,34H,5-8,10-13,16H2,1H3,(H,27,29). The fourth-order valence-electron chi connectivity index (χ4n) is 4.96. The van der Waals surface area contributed by atoms with Crippen LogP contribution in [-0.2, 0) is 11.3 Å². The second-order valence-electron chi connectivity index (χ2n) is 9.58. The molecule has 12 heteroatoms. The minimum Gasteiger partial charge on any atom is -0.433 e. The number of aromatic nitrogens is 1. The number of nitrogens with zero attached hydrogens (tertiary/aromatic N) is 4. The van der Waals surface area contributed by atoms with Gasteiger partial charge in [-0.1, -0.05) is 15.9 Å². The van der Waals surface area contributed by atoms with E-state index in [1.807, 2.05) is 17.0 Å². The Labute approximate surface area is 219 Å². The molecule has 0 radical (unpaired) electrons. The van der Waals surface area contributed by atoms with Crippen molar-refractivity contribution in [1.29, 1.82) is 0 Å². The van der Waals surface area contributed by atoms with Gasteiger partial charge in [-0.25, -0.2) is 4.98 Å². The number of rotatable bonds is 8. The number of likely N-dealkylation sites (tertiary alicyclic amines) is 2. The molecule has 2 fully saturated rings. The molecule has 0 unspecified atom stereocenters. The Kier molecular flexibility index (Phi) is 8.81. The van der Waals surface area contributed by atoms with Gasteiger partial charge in [-0.2, -0.15) is 0 Å². The first-order valence-corrected chi connectivity index (χ1v) is 13.2. The topological polar surface area (TPSA) is 124 Å². The largest absolute Gasteiger partial charge is 0.433 e. The first-order chi connectivity index (χ1) is 17.3. The first kappa shape index (κ1) is 26.4. The molecule has 2 aliphatic heterocycles. The zero-order valence-electron chi connectivity index (χ0n) is 20.4. The third-order valence-corrected chi connectivity index (χ3v) is 7.34. The van der Waals surface area contributed by atoms with E-state index in [-0.39, 0.29) is 28.5 Å². The van der Waals surface area contributed by atoms with Crippen LogP contribution in [0.25, 0.3) is 0 Å². The molecule has 2 aliphatic rings. The van der Waals surface area contributed by atoms with Crippen LogP contribution in [0.3, 0.4) is 0 Å². The van der Waals surface area contributed by atoms with Gasteiger partial charge in [0.25, 0.3) is 5.69 Å². The highest BCUT2D eigenvalue weighted by Gasteiger charge is 2.31. The molecule has 0 bridgehead atoms. The van der Waals surface area contributed by atoms with Crippen molar-refractivity contribution in [2.24, 2.45) is 5.92 Å². The fourth-order valence-corrected chi connectivity index (χ4v) is 5.31. The minimum absolute atomic E-state index is 0.0447. The Morgan fingerprint density at radius 2 is 1.92 bits per heavy atom. The smallest absolute Gasteiger partial charge is 0.408 e. The van der Waals surface area contributed by atoms with Crippen LogP contribution in [-0.4, -0.2) is 69.9 Å². The lowest BCUT2D eigenvalue weighted by Gasteiger charge is -2.37. The van der Waals surface area contributed by atoms with Crippen molar-refractivity contribution < 1.29 is 14.7 Å². The van der Waals surface area contributed by atoms with Crippen LogP contribution in [0.1, 0.15) is 31.2 Å². The summed E-state index contributed by atoms with van der Waals surface area (Å²) in [6.07, 6.45) is 4.95. The lowest BCUT2D eigenvalue weighted by atomic mass is 9.89. The van der Waals surface area contributed by atoms with Gasteiger partial charge >= 0.3 is 7.05 Å². The van der Waals surface area contributed by atoms with E-state index in [1.54, 1.807) is 25.2 Å². The summed E-state index contributed by atoms with van der Waals surface area (Å²) < 4.78 is 0.671. The molecule has 0 spiro atoms. The van der Waals surface area contributed by atoms with Crippen molar-refractivity contribution in [2.75, 3.05) is 36.7 Å².